The van der Waals surface area contributed by atoms with Crippen molar-refractivity contribution in [2.45, 2.75) is 6.92 Å². The first kappa shape index (κ1) is 22.0. The number of hydrogen-bond acceptors (Lipinski definition) is 6. The van der Waals surface area contributed by atoms with Gasteiger partial charge in [-0.05, 0) is 23.1 Å². The van der Waals surface area contributed by atoms with Gasteiger partial charge in [-0.2, -0.15) is 0 Å². The molecule has 7 nitrogen and oxygen atoms in total. The molecule has 3 N–H and O–H groups in total. The predicted molar refractivity (Wildman–Crippen MR) is 107 cm³/mol. The van der Waals surface area contributed by atoms with Gasteiger partial charge in [0.1, 0.15) is 6.61 Å². The van der Waals surface area contributed by atoms with Crippen LogP contribution >= 0.6 is 20.7 Å². The molecule has 0 saturated heterocycles. The van der Waals surface area contributed by atoms with Crippen LogP contribution in [0.4, 0.5) is 18.9 Å². The number of anilines is 1. The second-order valence-corrected chi connectivity index (χ2v) is 7.15. The Hall–Kier alpha value is -2.25. The van der Waals surface area contributed by atoms with E-state index in [-0.39, 0.29) is 36.6 Å². The van der Waals surface area contributed by atoms with Crippen LogP contribution in [0.1, 0.15) is 22.8 Å². The number of rotatable bonds is 9. The normalized spacial score (nSPS) is 13.6. The molecule has 0 unspecified atom stereocenters. The van der Waals surface area contributed by atoms with Gasteiger partial charge < -0.3 is 15.3 Å². The Morgan fingerprint density at radius 2 is 2.14 bits per heavy atom. The molecule has 1 heterocycles. The molecule has 0 fully saturated rings. The third kappa shape index (κ3) is 5.62. The van der Waals surface area contributed by atoms with Crippen LogP contribution < -0.4 is 10.8 Å². The number of aliphatic hydroxyl groups is 1. The van der Waals surface area contributed by atoms with E-state index in [4.69, 9.17) is 14.8 Å². The van der Waals surface area contributed by atoms with E-state index in [1.54, 1.807) is 11.0 Å². The van der Waals surface area contributed by atoms with Crippen LogP contribution in [0.5, 0.6) is 0 Å². The first-order chi connectivity index (χ1) is 13.5. The highest BCUT2D eigenvalue weighted by Crippen LogP contribution is 2.29. The average molecular weight is 511 g/mol. The molecule has 0 aromatic heterocycles. The van der Waals surface area contributed by atoms with Gasteiger partial charge in [0.15, 0.2) is 17.5 Å². The number of hydrogen-bond donors (Lipinski definition) is 3. The lowest BCUT2D eigenvalue weighted by atomic mass is 10.1. The number of carbonyl (C=O) groups excluding carboxylic acids is 1. The Bertz CT molecular complexity index is 857. The highest BCUT2D eigenvalue weighted by Gasteiger charge is 2.23. The van der Waals surface area contributed by atoms with Crippen LogP contribution in [0.25, 0.3) is 0 Å². The molecule has 152 valence electrons. The summed E-state index contributed by atoms with van der Waals surface area (Å²) in [4.78, 5) is 21.8. The lowest BCUT2D eigenvalue weighted by Gasteiger charge is -2.16. The van der Waals surface area contributed by atoms with Crippen LogP contribution in [0.2, 0.25) is 0 Å². The number of aliphatic hydroxyl groups excluding tert-OH is 1. The van der Waals surface area contributed by atoms with Gasteiger partial charge in [0.2, 0.25) is 0 Å². The van der Waals surface area contributed by atoms with Gasteiger partial charge in [0, 0.05) is 9.58 Å². The minimum Gasteiger partial charge on any atom is -0.396 e. The van der Waals surface area contributed by atoms with E-state index >= 15 is 0 Å². The molecule has 0 saturated carbocycles. The summed E-state index contributed by atoms with van der Waals surface area (Å²) < 4.78 is 46.1. The van der Waals surface area contributed by atoms with Gasteiger partial charge in [-0.3, -0.25) is 9.63 Å². The second kappa shape index (κ2) is 10.9. The van der Waals surface area contributed by atoms with Crippen molar-refractivity contribution in [1.29, 1.82) is 0 Å². The maximum atomic E-state index is 14.7. The molecular weight excluding hydrogens is 494 g/mol. The molecule has 1 aliphatic rings. The third-order valence-corrected chi connectivity index (χ3v) is 4.89. The minimum atomic E-state index is -1.40. The smallest absolute Gasteiger partial charge is 0.277 e. The SMILES string of the molecule is CCO/N=C/c1cc(C(=O)NOCCO)c(NC2=C(F)C=IC=C2)c(F)c1F. The fourth-order valence-electron chi connectivity index (χ4n) is 1.99. The van der Waals surface area contributed by atoms with Gasteiger partial charge in [0.05, 0.1) is 36.4 Å². The summed E-state index contributed by atoms with van der Waals surface area (Å²) in [5, 5.41) is 14.6. The first-order valence-corrected chi connectivity index (χ1v) is 10.5. The van der Waals surface area contributed by atoms with Crippen molar-refractivity contribution in [3.05, 3.63) is 50.5 Å². The summed E-state index contributed by atoms with van der Waals surface area (Å²) in [7, 11) is 0. The zero-order chi connectivity index (χ0) is 20.5. The molecule has 2 rings (SSSR count). The molecule has 11 heteroatoms. The monoisotopic (exact) mass is 511 g/mol. The maximum Gasteiger partial charge on any atom is 0.277 e. The van der Waals surface area contributed by atoms with Crippen LogP contribution in [0.3, 0.4) is 0 Å². The number of halogens is 4. The molecule has 0 bridgehead atoms. The topological polar surface area (TPSA) is 92.2 Å². The molecular formula is C17H17F3IN3O4. The van der Waals surface area contributed by atoms with Crippen LogP contribution in [-0.4, -0.2) is 41.1 Å². The highest BCUT2D eigenvalue weighted by molar-refractivity contribution is 14.2. The van der Waals surface area contributed by atoms with Crippen molar-refractivity contribution in [1.82, 2.24) is 5.48 Å². The molecule has 0 atom stereocenters. The molecule has 1 amide bonds. The highest BCUT2D eigenvalue weighted by atomic mass is 127. The maximum absolute atomic E-state index is 14.7. The van der Waals surface area contributed by atoms with Crippen LogP contribution in [0.15, 0.2) is 32.9 Å². The Morgan fingerprint density at radius 1 is 1.36 bits per heavy atom. The molecule has 0 radical (unpaired) electrons. The van der Waals surface area contributed by atoms with Crippen LogP contribution in [0, 0.1) is 11.6 Å². The molecule has 1 aromatic carbocycles. The van der Waals surface area contributed by atoms with E-state index < -0.39 is 49.8 Å². The van der Waals surface area contributed by atoms with E-state index in [2.05, 4.69) is 10.5 Å². The Kier molecular flexibility index (Phi) is 8.60. The lowest BCUT2D eigenvalue weighted by molar-refractivity contribution is 0.0168. The van der Waals surface area contributed by atoms with Gasteiger partial charge in [-0.1, -0.05) is 25.9 Å². The summed E-state index contributed by atoms with van der Waals surface area (Å²) in [6, 6.07) is 1.02. The number of allylic oxidation sites excluding steroid dienone is 2. The first-order valence-electron chi connectivity index (χ1n) is 7.98. The molecule has 0 spiro atoms. The molecule has 1 aromatic rings. The largest absolute Gasteiger partial charge is 0.396 e. The summed E-state index contributed by atoms with van der Waals surface area (Å²) in [5.41, 5.74) is 0.610. The van der Waals surface area contributed by atoms with Gasteiger partial charge in [0.25, 0.3) is 5.91 Å². The quantitative estimate of drug-likeness (QED) is 0.205. The van der Waals surface area contributed by atoms with Crippen molar-refractivity contribution < 1.29 is 32.7 Å². The van der Waals surface area contributed by atoms with E-state index in [9.17, 15) is 18.0 Å². The van der Waals surface area contributed by atoms with E-state index in [0.717, 1.165) is 12.3 Å². The van der Waals surface area contributed by atoms with E-state index in [0.29, 0.717) is 0 Å². The van der Waals surface area contributed by atoms with E-state index in [1.165, 1.54) is 10.1 Å². The summed E-state index contributed by atoms with van der Waals surface area (Å²) >= 11 is -0.589. The fourth-order valence-corrected chi connectivity index (χ4v) is 3.42. The Balaban J connectivity index is 2.48. The zero-order valence-corrected chi connectivity index (χ0v) is 16.8. The van der Waals surface area contributed by atoms with Gasteiger partial charge in [-0.25, -0.2) is 18.7 Å². The average Bonchev–Trinajstić information content (AvgIpc) is 2.69. The minimum absolute atomic E-state index is 0.106. The van der Waals surface area contributed by atoms with E-state index in [1.807, 2.05) is 5.48 Å². The third-order valence-electron chi connectivity index (χ3n) is 3.21. The van der Waals surface area contributed by atoms with Crippen molar-refractivity contribution in [3.8, 4) is 0 Å². The predicted octanol–water partition coefficient (Wildman–Crippen LogP) is 2.88. The zero-order valence-electron chi connectivity index (χ0n) is 14.6. The summed E-state index contributed by atoms with van der Waals surface area (Å²) in [6.07, 6.45) is 2.31. The Labute approximate surface area is 168 Å². The number of amides is 1. The number of hydroxylamine groups is 1. The van der Waals surface area contributed by atoms with Crippen molar-refractivity contribution in [2.75, 3.05) is 25.1 Å². The summed E-state index contributed by atoms with van der Waals surface area (Å²) in [6.45, 7) is 1.29. The lowest BCUT2D eigenvalue weighted by Crippen LogP contribution is -2.27. The Morgan fingerprint density at radius 3 is 2.82 bits per heavy atom. The fraction of sp³-hybridized carbons (Fsp3) is 0.235. The number of nitrogens with one attached hydrogen (secondary N) is 2. The second-order valence-electron chi connectivity index (χ2n) is 5.09. The van der Waals surface area contributed by atoms with Crippen LogP contribution in [-0.2, 0) is 9.68 Å². The van der Waals surface area contributed by atoms with Crippen molar-refractivity contribution >= 4 is 42.6 Å². The number of carbonyl (C=O) groups is 1. The number of benzene rings is 1. The van der Waals surface area contributed by atoms with Gasteiger partial charge >= 0.3 is 0 Å². The molecule has 1 aliphatic heterocycles. The van der Waals surface area contributed by atoms with Crippen molar-refractivity contribution in [3.63, 3.8) is 0 Å². The standard InChI is InChI=1S/C17H17F3IN3O4/c1-2-27-22-9-10-7-11(17(26)24-28-6-5-25)16(15(20)14(10)19)23-13-3-4-21-8-12(13)18/h3-4,7-9,23,25H,2,5-6H2,1H3,(H,24,26)/b22-9+. The number of nitrogens with zero attached hydrogens (tertiary/aromatic N) is 1. The summed E-state index contributed by atoms with van der Waals surface area (Å²) in [5.74, 6) is -4.25. The van der Waals surface area contributed by atoms with Gasteiger partial charge in [-0.15, -0.1) is 0 Å². The number of oxime groups is 1. The van der Waals surface area contributed by atoms with Crippen molar-refractivity contribution in [2.24, 2.45) is 5.16 Å². The molecule has 0 aliphatic carbocycles. The molecule has 28 heavy (non-hydrogen) atoms.